The highest BCUT2D eigenvalue weighted by Crippen LogP contribution is 2.32. The van der Waals surface area contributed by atoms with E-state index in [-0.39, 0.29) is 6.10 Å². The number of hydrogen-bond acceptors (Lipinski definition) is 3. The van der Waals surface area contributed by atoms with Gasteiger partial charge >= 0.3 is 0 Å². The molecule has 1 saturated heterocycles. The van der Waals surface area contributed by atoms with Gasteiger partial charge in [0.05, 0.1) is 11.8 Å². The summed E-state index contributed by atoms with van der Waals surface area (Å²) in [5, 5.41) is 15.8. The lowest BCUT2D eigenvalue weighted by Gasteiger charge is -2.34. The van der Waals surface area contributed by atoms with E-state index in [9.17, 15) is 5.11 Å². The number of halogens is 1. The van der Waals surface area contributed by atoms with Crippen LogP contribution in [-0.2, 0) is 20.0 Å². The molecule has 1 aromatic carbocycles. The van der Waals surface area contributed by atoms with E-state index >= 15 is 0 Å². The molecule has 5 heteroatoms. The maximum Gasteiger partial charge on any atom is 0.131 e. The molecule has 1 aliphatic heterocycles. The molecule has 1 fully saturated rings. The van der Waals surface area contributed by atoms with Crippen LogP contribution in [0.2, 0.25) is 5.15 Å². The molecular weight excluding hydrogens is 322 g/mol. The summed E-state index contributed by atoms with van der Waals surface area (Å²) < 4.78 is 1.77. The Bertz CT molecular complexity index is 663. The SMILES string of the molecule is CCc1nn(C)c(Cl)c1CN1CCC(C(O)c2ccccc2)CC1. The van der Waals surface area contributed by atoms with Gasteiger partial charge in [-0.1, -0.05) is 48.9 Å². The number of aliphatic hydroxyl groups is 1. The fraction of sp³-hybridized carbons (Fsp3) is 0.526. The number of aryl methyl sites for hydroxylation is 2. The summed E-state index contributed by atoms with van der Waals surface area (Å²) in [6.07, 6.45) is 2.56. The van der Waals surface area contributed by atoms with Gasteiger partial charge < -0.3 is 5.11 Å². The van der Waals surface area contributed by atoms with Crippen LogP contribution in [0.4, 0.5) is 0 Å². The molecule has 4 nitrogen and oxygen atoms in total. The van der Waals surface area contributed by atoms with Crippen LogP contribution in [-0.4, -0.2) is 32.9 Å². The minimum atomic E-state index is -0.360. The molecule has 1 N–H and O–H groups in total. The van der Waals surface area contributed by atoms with Crippen LogP contribution in [0.1, 0.15) is 42.7 Å². The second kappa shape index (κ2) is 7.68. The van der Waals surface area contributed by atoms with Crippen molar-refractivity contribution in [3.05, 3.63) is 52.3 Å². The maximum absolute atomic E-state index is 10.6. The van der Waals surface area contributed by atoms with Crippen molar-refractivity contribution in [1.82, 2.24) is 14.7 Å². The van der Waals surface area contributed by atoms with E-state index in [1.54, 1.807) is 4.68 Å². The summed E-state index contributed by atoms with van der Waals surface area (Å²) in [4.78, 5) is 2.43. The van der Waals surface area contributed by atoms with Crippen LogP contribution in [0, 0.1) is 5.92 Å². The number of piperidine rings is 1. The number of nitrogens with zero attached hydrogens (tertiary/aromatic N) is 3. The molecule has 2 aromatic rings. The standard InChI is InChI=1S/C19H26ClN3O/c1-3-17-16(19(20)22(2)21-17)13-23-11-9-15(10-12-23)18(24)14-7-5-4-6-8-14/h4-8,15,18,24H,3,9-13H2,1-2H3. The van der Waals surface area contributed by atoms with Crippen molar-refractivity contribution in [2.45, 2.75) is 38.8 Å². The van der Waals surface area contributed by atoms with Crippen molar-refractivity contribution in [2.24, 2.45) is 13.0 Å². The first-order chi connectivity index (χ1) is 11.6. The lowest BCUT2D eigenvalue weighted by atomic mass is 9.87. The van der Waals surface area contributed by atoms with Gasteiger partial charge in [0.2, 0.25) is 0 Å². The largest absolute Gasteiger partial charge is 0.388 e. The molecule has 1 aliphatic rings. The summed E-state index contributed by atoms with van der Waals surface area (Å²) in [5.74, 6) is 0.332. The molecule has 1 atom stereocenters. The zero-order valence-electron chi connectivity index (χ0n) is 14.5. The monoisotopic (exact) mass is 347 g/mol. The Morgan fingerprint density at radius 3 is 2.54 bits per heavy atom. The Balaban J connectivity index is 1.60. The lowest BCUT2D eigenvalue weighted by molar-refractivity contribution is 0.0567. The average molecular weight is 348 g/mol. The topological polar surface area (TPSA) is 41.3 Å². The number of hydrogen-bond donors (Lipinski definition) is 1. The van der Waals surface area contributed by atoms with Crippen molar-refractivity contribution >= 4 is 11.6 Å². The molecule has 24 heavy (non-hydrogen) atoms. The van der Waals surface area contributed by atoms with Crippen molar-refractivity contribution < 1.29 is 5.11 Å². The summed E-state index contributed by atoms with van der Waals surface area (Å²) in [6, 6.07) is 10.00. The summed E-state index contributed by atoms with van der Waals surface area (Å²) in [6.45, 7) is 4.94. The minimum Gasteiger partial charge on any atom is -0.388 e. The van der Waals surface area contributed by atoms with Crippen LogP contribution in [0.3, 0.4) is 0 Å². The van der Waals surface area contributed by atoms with Crippen LogP contribution < -0.4 is 0 Å². The lowest BCUT2D eigenvalue weighted by Crippen LogP contribution is -2.35. The molecule has 2 heterocycles. The number of benzene rings is 1. The Kier molecular flexibility index (Phi) is 5.59. The van der Waals surface area contributed by atoms with Gasteiger partial charge in [-0.15, -0.1) is 0 Å². The summed E-state index contributed by atoms with van der Waals surface area (Å²) in [7, 11) is 1.90. The van der Waals surface area contributed by atoms with Crippen molar-refractivity contribution in [2.75, 3.05) is 13.1 Å². The first-order valence-corrected chi connectivity index (χ1v) is 9.13. The highest BCUT2D eigenvalue weighted by atomic mass is 35.5. The van der Waals surface area contributed by atoms with E-state index in [1.165, 1.54) is 0 Å². The van der Waals surface area contributed by atoms with E-state index in [0.29, 0.717) is 5.92 Å². The van der Waals surface area contributed by atoms with Crippen molar-refractivity contribution in [1.29, 1.82) is 0 Å². The average Bonchev–Trinajstić information content (AvgIpc) is 2.90. The third kappa shape index (κ3) is 3.66. The van der Waals surface area contributed by atoms with Gasteiger partial charge in [-0.05, 0) is 43.8 Å². The van der Waals surface area contributed by atoms with Gasteiger partial charge in [0.25, 0.3) is 0 Å². The summed E-state index contributed by atoms with van der Waals surface area (Å²) in [5.41, 5.74) is 3.28. The molecule has 1 unspecified atom stereocenters. The van der Waals surface area contributed by atoms with E-state index in [1.807, 2.05) is 37.4 Å². The fourth-order valence-electron chi connectivity index (χ4n) is 3.61. The highest BCUT2D eigenvalue weighted by molar-refractivity contribution is 6.30. The molecule has 0 bridgehead atoms. The van der Waals surface area contributed by atoms with E-state index < -0.39 is 0 Å². The molecule has 0 amide bonds. The van der Waals surface area contributed by atoms with Crippen LogP contribution in [0.25, 0.3) is 0 Å². The van der Waals surface area contributed by atoms with Crippen molar-refractivity contribution in [3.63, 3.8) is 0 Å². The second-order valence-electron chi connectivity index (χ2n) is 6.66. The highest BCUT2D eigenvalue weighted by Gasteiger charge is 2.27. The molecule has 0 saturated carbocycles. The number of likely N-dealkylation sites (tertiary alicyclic amines) is 1. The first kappa shape index (κ1) is 17.5. The van der Waals surface area contributed by atoms with Crippen molar-refractivity contribution in [3.8, 4) is 0 Å². The molecule has 0 radical (unpaired) electrons. The number of aromatic nitrogens is 2. The van der Waals surface area contributed by atoms with Crippen LogP contribution >= 0.6 is 11.6 Å². The van der Waals surface area contributed by atoms with E-state index in [4.69, 9.17) is 11.6 Å². The fourth-order valence-corrected chi connectivity index (χ4v) is 3.82. The normalized spacial score (nSPS) is 18.0. The van der Waals surface area contributed by atoms with Gasteiger partial charge in [0.15, 0.2) is 0 Å². The predicted molar refractivity (Wildman–Crippen MR) is 97.0 cm³/mol. The van der Waals surface area contributed by atoms with Gasteiger partial charge in [-0.3, -0.25) is 9.58 Å². The molecule has 130 valence electrons. The van der Waals surface area contributed by atoms with Crippen LogP contribution in [0.15, 0.2) is 30.3 Å². The smallest absolute Gasteiger partial charge is 0.131 e. The van der Waals surface area contributed by atoms with Gasteiger partial charge in [0, 0.05) is 19.2 Å². The second-order valence-corrected chi connectivity index (χ2v) is 7.02. The van der Waals surface area contributed by atoms with E-state index in [0.717, 1.165) is 60.9 Å². The molecule has 0 aliphatic carbocycles. The molecule has 0 spiro atoms. The quantitative estimate of drug-likeness (QED) is 0.898. The summed E-state index contributed by atoms with van der Waals surface area (Å²) >= 11 is 6.40. The Labute approximate surface area is 149 Å². The minimum absolute atomic E-state index is 0.332. The zero-order valence-corrected chi connectivity index (χ0v) is 15.2. The van der Waals surface area contributed by atoms with Gasteiger partial charge in [-0.2, -0.15) is 5.10 Å². The molecule has 1 aromatic heterocycles. The predicted octanol–water partition coefficient (Wildman–Crippen LogP) is 3.58. The third-order valence-electron chi connectivity index (χ3n) is 5.09. The van der Waals surface area contributed by atoms with E-state index in [2.05, 4.69) is 16.9 Å². The number of aliphatic hydroxyl groups excluding tert-OH is 1. The Hall–Kier alpha value is -1.36. The Morgan fingerprint density at radius 2 is 1.92 bits per heavy atom. The maximum atomic E-state index is 10.6. The van der Waals surface area contributed by atoms with Crippen LogP contribution in [0.5, 0.6) is 0 Å². The first-order valence-electron chi connectivity index (χ1n) is 8.75. The van der Waals surface area contributed by atoms with Gasteiger partial charge in [-0.25, -0.2) is 0 Å². The van der Waals surface area contributed by atoms with Gasteiger partial charge in [0.1, 0.15) is 5.15 Å². The third-order valence-corrected chi connectivity index (χ3v) is 5.56. The number of rotatable bonds is 5. The zero-order chi connectivity index (χ0) is 17.1. The molecule has 3 rings (SSSR count). The Morgan fingerprint density at radius 1 is 1.25 bits per heavy atom. The molecular formula is C19H26ClN3O.